The zero-order chi connectivity index (χ0) is 25.3. The van der Waals surface area contributed by atoms with Crippen molar-refractivity contribution in [2.45, 2.75) is 13.1 Å². The third kappa shape index (κ3) is 4.91. The third-order valence-corrected chi connectivity index (χ3v) is 5.93. The highest BCUT2D eigenvalue weighted by Gasteiger charge is 2.34. The van der Waals surface area contributed by atoms with Crippen molar-refractivity contribution < 1.29 is 32.5 Å². The highest BCUT2D eigenvalue weighted by atomic mass is 32.1. The molecule has 4 aromatic rings. The Morgan fingerprint density at radius 2 is 2.03 bits per heavy atom. The van der Waals surface area contributed by atoms with Crippen LogP contribution in [-0.4, -0.2) is 51.0 Å². The summed E-state index contributed by atoms with van der Waals surface area (Å²) < 4.78 is 52.2. The van der Waals surface area contributed by atoms with Gasteiger partial charge < -0.3 is 25.6 Å². The topological polar surface area (TPSA) is 137 Å². The standard InChI is InChI=1S/C21H19F3N6O4S/c1-10-16(12-7-13(21(22,23)24)17(25)27-9-12)28-19-30(10)29-18(35-19)11-3-4-14(15(8-11)33-2)34-6-5-26-20(31)32/h3-4,7-9,26H,5-6H2,1-2H3,(H2,25,27)(H,31,32). The number of rotatable bonds is 7. The fourth-order valence-corrected chi connectivity index (χ4v) is 4.25. The van der Waals surface area contributed by atoms with E-state index in [1.54, 1.807) is 29.6 Å². The second-order valence-electron chi connectivity index (χ2n) is 7.25. The lowest BCUT2D eigenvalue weighted by Gasteiger charge is -2.11. The van der Waals surface area contributed by atoms with Crippen LogP contribution in [0.1, 0.15) is 11.3 Å². The molecule has 4 rings (SSSR count). The molecule has 0 radical (unpaired) electrons. The molecule has 184 valence electrons. The van der Waals surface area contributed by atoms with E-state index in [9.17, 15) is 18.0 Å². The summed E-state index contributed by atoms with van der Waals surface area (Å²) in [5.74, 6) is 0.259. The number of methoxy groups -OCH3 is 1. The maximum absolute atomic E-state index is 13.2. The van der Waals surface area contributed by atoms with Crippen molar-refractivity contribution in [3.05, 3.63) is 41.7 Å². The van der Waals surface area contributed by atoms with Gasteiger partial charge in [0.05, 0.1) is 30.6 Å². The van der Waals surface area contributed by atoms with E-state index in [2.05, 4.69) is 20.4 Å². The van der Waals surface area contributed by atoms with Crippen LogP contribution in [0.25, 0.3) is 26.8 Å². The molecule has 0 saturated carbocycles. The SMILES string of the molecule is COc1cc(-c2nn3c(C)c(-c4cnc(N)c(C(F)(F)F)c4)nc3s2)ccc1OCCNC(=O)O. The summed E-state index contributed by atoms with van der Waals surface area (Å²) in [5.41, 5.74) is 6.14. The van der Waals surface area contributed by atoms with Crippen LogP contribution in [0.15, 0.2) is 30.5 Å². The van der Waals surface area contributed by atoms with Crippen molar-refractivity contribution in [2.24, 2.45) is 0 Å². The van der Waals surface area contributed by atoms with E-state index < -0.39 is 23.7 Å². The summed E-state index contributed by atoms with van der Waals surface area (Å²) in [6.45, 7) is 1.93. The molecule has 0 atom stereocenters. The van der Waals surface area contributed by atoms with Crippen molar-refractivity contribution >= 4 is 28.2 Å². The smallest absolute Gasteiger partial charge is 0.419 e. The molecule has 1 aromatic carbocycles. The van der Waals surface area contributed by atoms with Crippen molar-refractivity contribution in [3.63, 3.8) is 0 Å². The van der Waals surface area contributed by atoms with Gasteiger partial charge in [0, 0.05) is 17.3 Å². The molecule has 0 aliphatic rings. The normalized spacial score (nSPS) is 11.6. The van der Waals surface area contributed by atoms with Gasteiger partial charge in [-0.05, 0) is 31.2 Å². The molecule has 3 heterocycles. The van der Waals surface area contributed by atoms with E-state index in [0.717, 1.165) is 6.07 Å². The van der Waals surface area contributed by atoms with Gasteiger partial charge >= 0.3 is 12.3 Å². The van der Waals surface area contributed by atoms with Crippen LogP contribution in [0.3, 0.4) is 0 Å². The fraction of sp³-hybridized carbons (Fsp3) is 0.238. The van der Waals surface area contributed by atoms with E-state index in [1.165, 1.54) is 24.6 Å². The number of carbonyl (C=O) groups is 1. The van der Waals surface area contributed by atoms with E-state index in [1.807, 2.05) is 0 Å². The Morgan fingerprint density at radius 3 is 2.69 bits per heavy atom. The number of carboxylic acid groups (broad SMARTS) is 1. The number of halogens is 3. The summed E-state index contributed by atoms with van der Waals surface area (Å²) in [6.07, 6.45) is -4.53. The number of ether oxygens (including phenoxy) is 2. The summed E-state index contributed by atoms with van der Waals surface area (Å²) in [5, 5.41) is 16.0. The molecule has 35 heavy (non-hydrogen) atoms. The second kappa shape index (κ2) is 9.29. The van der Waals surface area contributed by atoms with Gasteiger partial charge in [0.25, 0.3) is 0 Å². The van der Waals surface area contributed by atoms with Crippen LogP contribution in [0.5, 0.6) is 11.5 Å². The van der Waals surface area contributed by atoms with Crippen LogP contribution in [0, 0.1) is 6.92 Å². The number of nitrogens with two attached hydrogens (primary N) is 1. The molecule has 14 heteroatoms. The summed E-state index contributed by atoms with van der Waals surface area (Å²) in [6, 6.07) is 6.08. The number of anilines is 1. The Kier molecular flexibility index (Phi) is 6.39. The van der Waals surface area contributed by atoms with Gasteiger partial charge in [-0.25, -0.2) is 19.3 Å². The molecule has 0 spiro atoms. The molecule has 0 saturated heterocycles. The number of fused-ring (bicyclic) bond motifs is 1. The Bertz CT molecular complexity index is 1400. The number of nitrogens with zero attached hydrogens (tertiary/aromatic N) is 4. The van der Waals surface area contributed by atoms with Gasteiger partial charge in [0.15, 0.2) is 11.5 Å². The number of alkyl halides is 3. The molecular formula is C21H19F3N6O4S. The second-order valence-corrected chi connectivity index (χ2v) is 8.20. The largest absolute Gasteiger partial charge is 0.493 e. The average molecular weight is 508 g/mol. The number of aromatic nitrogens is 4. The Hall–Kier alpha value is -4.07. The first-order valence-electron chi connectivity index (χ1n) is 10.1. The number of hydrogen-bond acceptors (Lipinski definition) is 8. The molecule has 1 amide bonds. The molecule has 0 bridgehead atoms. The minimum absolute atomic E-state index is 0.111. The van der Waals surface area contributed by atoms with Crippen LogP contribution < -0.4 is 20.5 Å². The van der Waals surface area contributed by atoms with Gasteiger partial charge in [-0.2, -0.15) is 18.3 Å². The number of nitrogen functional groups attached to an aromatic ring is 1. The zero-order valence-corrected chi connectivity index (χ0v) is 19.2. The highest BCUT2D eigenvalue weighted by molar-refractivity contribution is 7.19. The van der Waals surface area contributed by atoms with Crippen molar-refractivity contribution in [2.75, 3.05) is 26.0 Å². The lowest BCUT2D eigenvalue weighted by molar-refractivity contribution is -0.137. The van der Waals surface area contributed by atoms with Gasteiger partial charge in [0.1, 0.15) is 17.4 Å². The Labute approximate surface area is 200 Å². The number of imidazole rings is 1. The fourth-order valence-electron chi connectivity index (χ4n) is 3.31. The number of benzene rings is 1. The molecule has 0 unspecified atom stereocenters. The first-order chi connectivity index (χ1) is 16.6. The van der Waals surface area contributed by atoms with Crippen LogP contribution >= 0.6 is 11.3 Å². The molecule has 10 nitrogen and oxygen atoms in total. The molecule has 0 fully saturated rings. The number of hydrogen-bond donors (Lipinski definition) is 3. The van der Waals surface area contributed by atoms with Gasteiger partial charge in [0.2, 0.25) is 4.96 Å². The molecule has 0 aliphatic heterocycles. The number of aryl methyl sites for hydroxylation is 1. The van der Waals surface area contributed by atoms with E-state index in [-0.39, 0.29) is 18.7 Å². The lowest BCUT2D eigenvalue weighted by atomic mass is 10.1. The molecule has 3 aromatic heterocycles. The quantitative estimate of drug-likeness (QED) is 0.318. The average Bonchev–Trinajstić information content (AvgIpc) is 3.35. The number of amides is 1. The maximum Gasteiger partial charge on any atom is 0.419 e. The number of pyridine rings is 1. The van der Waals surface area contributed by atoms with Gasteiger partial charge in [-0.3, -0.25) is 0 Å². The van der Waals surface area contributed by atoms with E-state index >= 15 is 0 Å². The van der Waals surface area contributed by atoms with E-state index in [0.29, 0.717) is 38.4 Å². The maximum atomic E-state index is 13.2. The van der Waals surface area contributed by atoms with Crippen LogP contribution in [0.2, 0.25) is 0 Å². The lowest BCUT2D eigenvalue weighted by Crippen LogP contribution is -2.26. The van der Waals surface area contributed by atoms with Crippen LogP contribution in [0.4, 0.5) is 23.8 Å². The first kappa shape index (κ1) is 24.1. The van der Waals surface area contributed by atoms with Crippen molar-refractivity contribution in [1.29, 1.82) is 0 Å². The number of nitrogens with one attached hydrogen (secondary N) is 1. The predicted molar refractivity (Wildman–Crippen MR) is 122 cm³/mol. The third-order valence-electron chi connectivity index (χ3n) is 4.97. The monoisotopic (exact) mass is 508 g/mol. The molecule has 0 aliphatic carbocycles. The summed E-state index contributed by atoms with van der Waals surface area (Å²) >= 11 is 1.24. The predicted octanol–water partition coefficient (Wildman–Crippen LogP) is 4.08. The van der Waals surface area contributed by atoms with Gasteiger partial charge in [-0.1, -0.05) is 11.3 Å². The zero-order valence-electron chi connectivity index (χ0n) is 18.4. The van der Waals surface area contributed by atoms with Crippen LogP contribution in [-0.2, 0) is 6.18 Å². The minimum Gasteiger partial charge on any atom is -0.493 e. The minimum atomic E-state index is -4.63. The molecule has 4 N–H and O–H groups in total. The first-order valence-corrected chi connectivity index (χ1v) is 10.9. The summed E-state index contributed by atoms with van der Waals surface area (Å²) in [4.78, 5) is 19.2. The summed E-state index contributed by atoms with van der Waals surface area (Å²) in [7, 11) is 1.47. The van der Waals surface area contributed by atoms with Gasteiger partial charge in [-0.15, -0.1) is 0 Å². The Morgan fingerprint density at radius 1 is 1.26 bits per heavy atom. The Balaban J connectivity index is 1.62. The van der Waals surface area contributed by atoms with Crippen molar-refractivity contribution in [3.8, 4) is 33.3 Å². The highest BCUT2D eigenvalue weighted by Crippen LogP contribution is 2.38. The van der Waals surface area contributed by atoms with Crippen molar-refractivity contribution in [1.82, 2.24) is 24.9 Å². The molecular weight excluding hydrogens is 489 g/mol. The van der Waals surface area contributed by atoms with E-state index in [4.69, 9.17) is 20.3 Å².